The number of hydrogen-bond acceptors (Lipinski definition) is 5. The predicted octanol–water partition coefficient (Wildman–Crippen LogP) is 2.49. The summed E-state index contributed by atoms with van der Waals surface area (Å²) >= 11 is 1.62. The summed E-state index contributed by atoms with van der Waals surface area (Å²) in [5.74, 6) is -0.0876. The standard InChI is InChI=1S/C15H25N3O2S.2ClH/c1-5-20-12-8-15(16,14(12,3)4)13(19)17-7-6-11-9-21-10(2)18-11;;/h9,12H,5-8,16H2,1-4H3,(H,17,19);2*1H. The minimum absolute atomic E-state index is 0. The van der Waals surface area contributed by atoms with Crippen molar-refractivity contribution in [3.63, 3.8) is 0 Å². The number of aryl methyl sites for hydroxylation is 1. The Labute approximate surface area is 154 Å². The number of nitrogens with zero attached hydrogens (tertiary/aromatic N) is 1. The number of amides is 1. The minimum Gasteiger partial charge on any atom is -0.378 e. The molecule has 0 radical (unpaired) electrons. The molecule has 0 bridgehead atoms. The Morgan fingerprint density at radius 3 is 2.65 bits per heavy atom. The average Bonchev–Trinajstić information content (AvgIpc) is 2.83. The number of nitrogens with one attached hydrogen (secondary N) is 1. The molecule has 2 unspecified atom stereocenters. The van der Waals surface area contributed by atoms with E-state index >= 15 is 0 Å². The number of aromatic nitrogens is 1. The third-order valence-electron chi connectivity index (χ3n) is 4.57. The fraction of sp³-hybridized carbons (Fsp3) is 0.733. The Kier molecular flexibility index (Phi) is 8.47. The molecule has 2 rings (SSSR count). The third kappa shape index (κ3) is 4.37. The molecule has 0 aliphatic heterocycles. The maximum atomic E-state index is 12.4. The van der Waals surface area contributed by atoms with Gasteiger partial charge in [-0.05, 0) is 13.8 Å². The van der Waals surface area contributed by atoms with E-state index in [0.29, 0.717) is 19.6 Å². The summed E-state index contributed by atoms with van der Waals surface area (Å²) in [5, 5.41) is 6.02. The maximum absolute atomic E-state index is 12.4. The van der Waals surface area contributed by atoms with Crippen LogP contribution < -0.4 is 11.1 Å². The third-order valence-corrected chi connectivity index (χ3v) is 5.39. The van der Waals surface area contributed by atoms with Crippen LogP contribution in [0.15, 0.2) is 5.38 Å². The van der Waals surface area contributed by atoms with E-state index in [1.165, 1.54) is 0 Å². The first-order chi connectivity index (χ1) is 9.81. The highest BCUT2D eigenvalue weighted by Crippen LogP contribution is 2.49. The molecule has 1 aromatic heterocycles. The molecule has 1 fully saturated rings. The highest BCUT2D eigenvalue weighted by Gasteiger charge is 2.62. The zero-order valence-corrected chi connectivity index (χ0v) is 16.5. The average molecular weight is 384 g/mol. The monoisotopic (exact) mass is 383 g/mol. The lowest BCUT2D eigenvalue weighted by atomic mass is 9.54. The van der Waals surface area contributed by atoms with E-state index in [2.05, 4.69) is 10.3 Å². The van der Waals surface area contributed by atoms with E-state index in [4.69, 9.17) is 10.5 Å². The second-order valence-electron chi connectivity index (χ2n) is 6.20. The number of carbonyl (C=O) groups excluding carboxylic acids is 1. The summed E-state index contributed by atoms with van der Waals surface area (Å²) in [7, 11) is 0. The van der Waals surface area contributed by atoms with Crippen LogP contribution in [-0.4, -0.2) is 35.7 Å². The van der Waals surface area contributed by atoms with Gasteiger partial charge in [0.15, 0.2) is 0 Å². The van der Waals surface area contributed by atoms with Crippen LogP contribution >= 0.6 is 36.2 Å². The van der Waals surface area contributed by atoms with Crippen LogP contribution in [0.1, 0.15) is 37.9 Å². The van der Waals surface area contributed by atoms with Gasteiger partial charge in [-0.3, -0.25) is 4.79 Å². The van der Waals surface area contributed by atoms with Crippen molar-refractivity contribution in [2.75, 3.05) is 13.2 Å². The predicted molar refractivity (Wildman–Crippen MR) is 98.8 cm³/mol. The van der Waals surface area contributed by atoms with Gasteiger partial charge in [0.05, 0.1) is 16.8 Å². The van der Waals surface area contributed by atoms with Crippen LogP contribution in [0, 0.1) is 12.3 Å². The Hall–Kier alpha value is -0.400. The van der Waals surface area contributed by atoms with Crippen molar-refractivity contribution in [2.24, 2.45) is 11.1 Å². The molecule has 1 amide bonds. The quantitative estimate of drug-likeness (QED) is 0.790. The topological polar surface area (TPSA) is 77.2 Å². The van der Waals surface area contributed by atoms with E-state index in [1.807, 2.05) is 33.1 Å². The van der Waals surface area contributed by atoms with E-state index in [1.54, 1.807) is 11.3 Å². The van der Waals surface area contributed by atoms with Crippen LogP contribution in [0.3, 0.4) is 0 Å². The van der Waals surface area contributed by atoms with Crippen LogP contribution in [-0.2, 0) is 16.0 Å². The molecular formula is C15H27Cl2N3O2S. The van der Waals surface area contributed by atoms with Gasteiger partial charge in [0, 0.05) is 36.8 Å². The fourth-order valence-corrected chi connectivity index (χ4v) is 3.45. The summed E-state index contributed by atoms with van der Waals surface area (Å²) in [5.41, 5.74) is 6.15. The van der Waals surface area contributed by atoms with Crippen LogP contribution in [0.2, 0.25) is 0 Å². The highest BCUT2D eigenvalue weighted by molar-refractivity contribution is 7.09. The molecule has 0 aromatic carbocycles. The maximum Gasteiger partial charge on any atom is 0.240 e. The van der Waals surface area contributed by atoms with Gasteiger partial charge in [-0.25, -0.2) is 4.98 Å². The van der Waals surface area contributed by atoms with E-state index in [0.717, 1.165) is 17.1 Å². The molecule has 134 valence electrons. The molecule has 1 aliphatic carbocycles. The number of ether oxygens (including phenoxy) is 1. The first-order valence-electron chi connectivity index (χ1n) is 7.41. The number of thiazole rings is 1. The Balaban J connectivity index is 0.00000242. The SMILES string of the molecule is CCOC1CC(N)(C(=O)NCCc2csc(C)n2)C1(C)C.Cl.Cl. The van der Waals surface area contributed by atoms with Gasteiger partial charge in [-0.15, -0.1) is 36.2 Å². The fourth-order valence-electron chi connectivity index (χ4n) is 2.81. The second kappa shape index (κ2) is 8.62. The van der Waals surface area contributed by atoms with E-state index < -0.39 is 5.54 Å². The van der Waals surface area contributed by atoms with E-state index in [9.17, 15) is 4.79 Å². The molecule has 1 heterocycles. The summed E-state index contributed by atoms with van der Waals surface area (Å²) in [6, 6.07) is 0. The van der Waals surface area contributed by atoms with Crippen molar-refractivity contribution in [3.05, 3.63) is 16.1 Å². The molecule has 2 atom stereocenters. The molecule has 23 heavy (non-hydrogen) atoms. The number of rotatable bonds is 6. The molecule has 1 saturated carbocycles. The van der Waals surface area contributed by atoms with Crippen LogP contribution in [0.25, 0.3) is 0 Å². The summed E-state index contributed by atoms with van der Waals surface area (Å²) in [6.45, 7) is 9.15. The highest BCUT2D eigenvalue weighted by atomic mass is 35.5. The molecule has 5 nitrogen and oxygen atoms in total. The lowest BCUT2D eigenvalue weighted by molar-refractivity contribution is -0.170. The van der Waals surface area contributed by atoms with Gasteiger partial charge in [-0.1, -0.05) is 13.8 Å². The largest absolute Gasteiger partial charge is 0.378 e. The van der Waals surface area contributed by atoms with Crippen molar-refractivity contribution in [2.45, 2.75) is 52.2 Å². The zero-order valence-electron chi connectivity index (χ0n) is 14.0. The van der Waals surface area contributed by atoms with Crippen molar-refractivity contribution in [1.29, 1.82) is 0 Å². The second-order valence-corrected chi connectivity index (χ2v) is 7.27. The van der Waals surface area contributed by atoms with E-state index in [-0.39, 0.29) is 42.2 Å². The summed E-state index contributed by atoms with van der Waals surface area (Å²) in [6.07, 6.45) is 1.37. The molecule has 0 saturated heterocycles. The number of nitrogens with two attached hydrogens (primary N) is 1. The lowest BCUT2D eigenvalue weighted by Gasteiger charge is -2.57. The first kappa shape index (κ1) is 22.6. The van der Waals surface area contributed by atoms with Crippen molar-refractivity contribution in [3.8, 4) is 0 Å². The Morgan fingerprint density at radius 2 is 2.17 bits per heavy atom. The smallest absolute Gasteiger partial charge is 0.240 e. The number of carbonyl (C=O) groups is 1. The minimum atomic E-state index is -0.842. The van der Waals surface area contributed by atoms with Crippen molar-refractivity contribution >= 4 is 42.1 Å². The molecule has 1 aromatic rings. The van der Waals surface area contributed by atoms with Crippen LogP contribution in [0.4, 0.5) is 0 Å². The van der Waals surface area contributed by atoms with Gasteiger partial charge in [0.25, 0.3) is 0 Å². The van der Waals surface area contributed by atoms with Gasteiger partial charge in [-0.2, -0.15) is 0 Å². The van der Waals surface area contributed by atoms with Gasteiger partial charge in [0.1, 0.15) is 5.54 Å². The van der Waals surface area contributed by atoms with Gasteiger partial charge >= 0.3 is 0 Å². The zero-order chi connectivity index (χ0) is 15.7. The number of hydrogen-bond donors (Lipinski definition) is 2. The summed E-state index contributed by atoms with van der Waals surface area (Å²) in [4.78, 5) is 16.8. The van der Waals surface area contributed by atoms with Crippen molar-refractivity contribution in [1.82, 2.24) is 10.3 Å². The normalized spacial score (nSPS) is 24.8. The first-order valence-corrected chi connectivity index (χ1v) is 8.29. The van der Waals surface area contributed by atoms with Gasteiger partial charge in [0.2, 0.25) is 5.91 Å². The van der Waals surface area contributed by atoms with Crippen molar-refractivity contribution < 1.29 is 9.53 Å². The molecule has 1 aliphatic rings. The molecule has 8 heteroatoms. The Morgan fingerprint density at radius 1 is 1.52 bits per heavy atom. The lowest BCUT2D eigenvalue weighted by Crippen LogP contribution is -2.75. The molecule has 3 N–H and O–H groups in total. The number of halogens is 2. The Bertz CT molecular complexity index is 525. The van der Waals surface area contributed by atoms with Gasteiger partial charge < -0.3 is 15.8 Å². The summed E-state index contributed by atoms with van der Waals surface area (Å²) < 4.78 is 5.65. The molecular weight excluding hydrogens is 357 g/mol. The van der Waals surface area contributed by atoms with Crippen LogP contribution in [0.5, 0.6) is 0 Å². The molecule has 0 spiro atoms.